The number of methoxy groups -OCH3 is 1. The predicted octanol–water partition coefficient (Wildman–Crippen LogP) is 1.08. The molecule has 0 fully saturated rings. The zero-order valence-corrected chi connectivity index (χ0v) is 10.7. The molecule has 0 aromatic rings. The van der Waals surface area contributed by atoms with Gasteiger partial charge in [-0.2, -0.15) is 0 Å². The molecule has 14 heavy (non-hydrogen) atoms. The van der Waals surface area contributed by atoms with Crippen LogP contribution < -0.4 is 0 Å². The maximum Gasteiger partial charge on any atom is 0.330 e. The summed E-state index contributed by atoms with van der Waals surface area (Å²) in [5.41, 5.74) is 0.660. The van der Waals surface area contributed by atoms with Crippen LogP contribution in [0.5, 0.6) is 0 Å². The zero-order valence-electron chi connectivity index (χ0n) is 9.29. The van der Waals surface area contributed by atoms with Crippen molar-refractivity contribution in [2.24, 2.45) is 0 Å². The monoisotopic (exact) mass is 216 g/mol. The van der Waals surface area contributed by atoms with Gasteiger partial charge in [0.1, 0.15) is 0 Å². The average molecular weight is 216 g/mol. The molecule has 82 valence electrons. The lowest BCUT2D eigenvalue weighted by Crippen LogP contribution is -2.25. The molecule has 0 bridgehead atoms. The summed E-state index contributed by atoms with van der Waals surface area (Å²) in [5.74, 6) is -0.322. The highest BCUT2D eigenvalue weighted by Gasteiger charge is 2.14. The van der Waals surface area contributed by atoms with E-state index in [1.807, 2.05) is 6.92 Å². The van der Waals surface area contributed by atoms with Gasteiger partial charge in [0, 0.05) is 19.8 Å². The van der Waals surface area contributed by atoms with Crippen molar-refractivity contribution >= 4 is 15.5 Å². The Bertz CT molecular complexity index is 182. The molecule has 0 aliphatic heterocycles. The summed E-state index contributed by atoms with van der Waals surface area (Å²) in [6.45, 7) is 8.23. The molecule has 0 radical (unpaired) electrons. The molecule has 0 aliphatic rings. The molecule has 4 heteroatoms. The maximum absolute atomic E-state index is 10.9. The standard InChI is InChI=1S/C10H20O3Si/c1-5-9(7-12-4)14-8(3)13-10(11)6-2/h6,8-9H,2,5,7,14H2,1,3-4H3. The van der Waals surface area contributed by atoms with Gasteiger partial charge in [0.25, 0.3) is 0 Å². The van der Waals surface area contributed by atoms with Crippen molar-refractivity contribution in [3.05, 3.63) is 12.7 Å². The van der Waals surface area contributed by atoms with Crippen molar-refractivity contribution in [2.45, 2.75) is 31.5 Å². The normalized spacial score (nSPS) is 15.4. The van der Waals surface area contributed by atoms with Crippen LogP contribution in [-0.2, 0) is 14.3 Å². The maximum atomic E-state index is 10.9. The Labute approximate surface area is 88.3 Å². The molecule has 2 atom stereocenters. The van der Waals surface area contributed by atoms with Gasteiger partial charge in [0.05, 0.1) is 15.2 Å². The van der Waals surface area contributed by atoms with Crippen LogP contribution in [0.3, 0.4) is 0 Å². The Morgan fingerprint density at radius 2 is 2.29 bits per heavy atom. The van der Waals surface area contributed by atoms with Crippen molar-refractivity contribution in [2.75, 3.05) is 13.7 Å². The fraction of sp³-hybridized carbons (Fsp3) is 0.700. The number of ether oxygens (including phenoxy) is 2. The number of carbonyl (C=O) groups is 1. The summed E-state index contributed by atoms with van der Waals surface area (Å²) in [4.78, 5) is 10.9. The molecule has 0 amide bonds. The van der Waals surface area contributed by atoms with Gasteiger partial charge in [-0.1, -0.05) is 19.9 Å². The Morgan fingerprint density at radius 1 is 1.64 bits per heavy atom. The van der Waals surface area contributed by atoms with Crippen LogP contribution in [0.4, 0.5) is 0 Å². The van der Waals surface area contributed by atoms with Crippen LogP contribution in [0.15, 0.2) is 12.7 Å². The SMILES string of the molecule is C=CC(=O)OC(C)[SiH2]C(CC)COC. The second-order valence-electron chi connectivity index (χ2n) is 3.42. The van der Waals surface area contributed by atoms with E-state index in [2.05, 4.69) is 13.5 Å². The lowest BCUT2D eigenvalue weighted by atomic mass is 10.3. The first-order chi connectivity index (χ1) is 6.63. The van der Waals surface area contributed by atoms with Crippen LogP contribution in [0, 0.1) is 0 Å². The van der Waals surface area contributed by atoms with Crippen molar-refractivity contribution in [3.63, 3.8) is 0 Å². The predicted molar refractivity (Wildman–Crippen MR) is 60.2 cm³/mol. The van der Waals surface area contributed by atoms with E-state index in [4.69, 9.17) is 9.47 Å². The molecule has 3 nitrogen and oxygen atoms in total. The van der Waals surface area contributed by atoms with Crippen molar-refractivity contribution in [3.8, 4) is 0 Å². The lowest BCUT2D eigenvalue weighted by molar-refractivity contribution is -0.139. The van der Waals surface area contributed by atoms with E-state index in [0.717, 1.165) is 13.0 Å². The van der Waals surface area contributed by atoms with Crippen LogP contribution in [0.2, 0.25) is 5.54 Å². The van der Waals surface area contributed by atoms with Gasteiger partial charge in [0.2, 0.25) is 0 Å². The van der Waals surface area contributed by atoms with Gasteiger partial charge in [-0.25, -0.2) is 4.79 Å². The summed E-state index contributed by atoms with van der Waals surface area (Å²) in [6, 6.07) is 0. The van der Waals surface area contributed by atoms with E-state index in [1.165, 1.54) is 6.08 Å². The molecular formula is C10H20O3Si. The van der Waals surface area contributed by atoms with Crippen molar-refractivity contribution in [1.82, 2.24) is 0 Å². The third-order valence-corrected chi connectivity index (χ3v) is 4.44. The van der Waals surface area contributed by atoms with Gasteiger partial charge < -0.3 is 9.47 Å². The minimum atomic E-state index is -0.429. The van der Waals surface area contributed by atoms with E-state index in [0.29, 0.717) is 5.54 Å². The number of carbonyl (C=O) groups excluding carboxylic acids is 1. The summed E-state index contributed by atoms with van der Waals surface area (Å²) in [6.07, 6.45) is 2.30. The van der Waals surface area contributed by atoms with Gasteiger partial charge in [-0.05, 0) is 12.5 Å². The first kappa shape index (κ1) is 13.4. The molecular weight excluding hydrogens is 196 g/mol. The van der Waals surface area contributed by atoms with E-state index in [1.54, 1.807) is 7.11 Å². The van der Waals surface area contributed by atoms with E-state index in [-0.39, 0.29) is 11.7 Å². The Morgan fingerprint density at radius 3 is 2.71 bits per heavy atom. The average Bonchev–Trinajstić information content (AvgIpc) is 2.16. The van der Waals surface area contributed by atoms with E-state index < -0.39 is 9.52 Å². The largest absolute Gasteiger partial charge is 0.464 e. The summed E-state index contributed by atoms with van der Waals surface area (Å²) >= 11 is 0. The summed E-state index contributed by atoms with van der Waals surface area (Å²) in [7, 11) is 1.28. The zero-order chi connectivity index (χ0) is 11.0. The minimum absolute atomic E-state index is 0.0700. The molecule has 0 saturated carbocycles. The Kier molecular flexibility index (Phi) is 7.42. The van der Waals surface area contributed by atoms with Crippen LogP contribution in [0.1, 0.15) is 20.3 Å². The van der Waals surface area contributed by atoms with Crippen molar-refractivity contribution < 1.29 is 14.3 Å². The number of rotatable bonds is 7. The molecule has 0 heterocycles. The third-order valence-electron chi connectivity index (χ3n) is 2.13. The van der Waals surface area contributed by atoms with Crippen LogP contribution >= 0.6 is 0 Å². The third kappa shape index (κ3) is 5.94. The molecule has 0 spiro atoms. The second-order valence-corrected chi connectivity index (χ2v) is 6.19. The first-order valence-corrected chi connectivity index (χ1v) is 6.59. The fourth-order valence-corrected chi connectivity index (χ4v) is 3.26. The Balaban J connectivity index is 3.83. The molecule has 0 N–H and O–H groups in total. The molecule has 0 aromatic carbocycles. The van der Waals surface area contributed by atoms with Gasteiger partial charge in [-0.15, -0.1) is 0 Å². The highest BCUT2D eigenvalue weighted by molar-refractivity contribution is 6.39. The van der Waals surface area contributed by atoms with Gasteiger partial charge >= 0.3 is 5.97 Å². The highest BCUT2D eigenvalue weighted by atomic mass is 28.2. The molecule has 0 rings (SSSR count). The molecule has 0 saturated heterocycles. The fourth-order valence-electron chi connectivity index (χ4n) is 1.35. The molecule has 0 aliphatic carbocycles. The lowest BCUT2D eigenvalue weighted by Gasteiger charge is -2.17. The highest BCUT2D eigenvalue weighted by Crippen LogP contribution is 2.11. The molecule has 2 unspecified atom stereocenters. The second kappa shape index (κ2) is 7.76. The quantitative estimate of drug-likeness (QED) is 0.363. The Hall–Kier alpha value is -0.613. The molecule has 0 aromatic heterocycles. The van der Waals surface area contributed by atoms with E-state index in [9.17, 15) is 4.79 Å². The summed E-state index contributed by atoms with van der Waals surface area (Å²) in [5, 5.41) is 0. The number of hydrogen-bond donors (Lipinski definition) is 0. The topological polar surface area (TPSA) is 35.5 Å². The van der Waals surface area contributed by atoms with Crippen LogP contribution in [-0.4, -0.2) is 34.9 Å². The first-order valence-electron chi connectivity index (χ1n) is 4.96. The van der Waals surface area contributed by atoms with Gasteiger partial charge in [0.15, 0.2) is 0 Å². The van der Waals surface area contributed by atoms with E-state index >= 15 is 0 Å². The van der Waals surface area contributed by atoms with Crippen molar-refractivity contribution in [1.29, 1.82) is 0 Å². The van der Waals surface area contributed by atoms with Gasteiger partial charge in [-0.3, -0.25) is 0 Å². The number of hydrogen-bond acceptors (Lipinski definition) is 3. The minimum Gasteiger partial charge on any atom is -0.464 e. The smallest absolute Gasteiger partial charge is 0.330 e. The summed E-state index contributed by atoms with van der Waals surface area (Å²) < 4.78 is 10.2. The van der Waals surface area contributed by atoms with Crippen LogP contribution in [0.25, 0.3) is 0 Å². The number of esters is 1.